The summed E-state index contributed by atoms with van der Waals surface area (Å²) in [7, 11) is 0. The van der Waals surface area contributed by atoms with Crippen molar-refractivity contribution in [3.8, 4) is 0 Å². The summed E-state index contributed by atoms with van der Waals surface area (Å²) in [5.41, 5.74) is 0.0395. The molecule has 104 valence electrons. The van der Waals surface area contributed by atoms with Gasteiger partial charge in [-0.1, -0.05) is 12.8 Å². The Bertz CT molecular complexity index is 518. The van der Waals surface area contributed by atoms with E-state index < -0.39 is 6.04 Å². The molecule has 0 radical (unpaired) electrons. The van der Waals surface area contributed by atoms with Crippen LogP contribution in [0.3, 0.4) is 0 Å². The molecule has 0 heterocycles. The summed E-state index contributed by atoms with van der Waals surface area (Å²) in [6, 6.07) is -0.722. The quantitative estimate of drug-likeness (QED) is 0.337. The van der Waals surface area contributed by atoms with Crippen molar-refractivity contribution in [2.75, 3.05) is 6.54 Å². The van der Waals surface area contributed by atoms with E-state index in [9.17, 15) is 19.2 Å². The van der Waals surface area contributed by atoms with Crippen molar-refractivity contribution in [2.45, 2.75) is 31.7 Å². The Hall–Kier alpha value is -2.74. The van der Waals surface area contributed by atoms with E-state index in [4.69, 9.17) is 0 Å². The van der Waals surface area contributed by atoms with Crippen LogP contribution in [0.4, 0.5) is 0 Å². The molecule has 0 fully saturated rings. The Kier molecular flexibility index (Phi) is 11.0. The Morgan fingerprint density at radius 1 is 0.950 bits per heavy atom. The fourth-order valence-electron chi connectivity index (χ4n) is 1.43. The molecular formula is C12H12N4O4. The Labute approximate surface area is 114 Å². The fraction of sp³-hybridized carbons (Fsp3) is 0.500. The monoisotopic (exact) mass is 276 g/mol. The zero-order valence-corrected chi connectivity index (χ0v) is 10.6. The molecule has 0 aromatic rings. The van der Waals surface area contributed by atoms with Gasteiger partial charge in [-0.2, -0.15) is 15.0 Å². The number of unbranched alkanes of at least 4 members (excludes halogenated alkanes) is 2. The lowest BCUT2D eigenvalue weighted by atomic mass is 10.1. The second-order valence-electron chi connectivity index (χ2n) is 3.54. The van der Waals surface area contributed by atoms with Gasteiger partial charge in [-0.3, -0.25) is 0 Å². The van der Waals surface area contributed by atoms with E-state index in [0.29, 0.717) is 25.8 Å². The Morgan fingerprint density at radius 2 is 1.75 bits per heavy atom. The Balaban J connectivity index is 4.60. The lowest BCUT2D eigenvalue weighted by molar-refractivity contribution is 0.545. The van der Waals surface area contributed by atoms with E-state index in [0.717, 1.165) is 12.6 Å². The van der Waals surface area contributed by atoms with Crippen LogP contribution in [0.5, 0.6) is 0 Å². The highest BCUT2D eigenvalue weighted by Crippen LogP contribution is 2.16. The van der Waals surface area contributed by atoms with Gasteiger partial charge in [0.05, 0.1) is 18.4 Å². The third-order valence-corrected chi connectivity index (χ3v) is 2.29. The molecule has 0 aliphatic carbocycles. The van der Waals surface area contributed by atoms with E-state index in [-0.39, 0.29) is 5.70 Å². The minimum absolute atomic E-state index is 0.0395. The van der Waals surface area contributed by atoms with Crippen molar-refractivity contribution in [3.05, 3.63) is 11.9 Å². The van der Waals surface area contributed by atoms with E-state index >= 15 is 0 Å². The maximum absolute atomic E-state index is 10.3. The molecule has 20 heavy (non-hydrogen) atoms. The van der Waals surface area contributed by atoms with Gasteiger partial charge in [0.15, 0.2) is 0 Å². The lowest BCUT2D eigenvalue weighted by Gasteiger charge is -2.08. The largest absolute Gasteiger partial charge is 0.240 e. The number of aliphatic imine (C=N–C) groups is 4. The topological polar surface area (TPSA) is 118 Å². The second-order valence-corrected chi connectivity index (χ2v) is 3.54. The number of carbonyl (C=O) groups excluding carboxylic acids is 4. The van der Waals surface area contributed by atoms with Crippen LogP contribution in [-0.2, 0) is 19.2 Å². The van der Waals surface area contributed by atoms with Crippen molar-refractivity contribution in [1.82, 2.24) is 0 Å². The fourth-order valence-corrected chi connectivity index (χ4v) is 1.43. The standard InChI is InChI=1S/C12H12N4O4/c17-7-13-5-3-1-2-4-11(15-9-19)12(16-10-20)6-14-8-18/h6,11H,1-5H2. The summed E-state index contributed by atoms with van der Waals surface area (Å²) in [4.78, 5) is 53.9. The maximum atomic E-state index is 10.3. The van der Waals surface area contributed by atoms with Crippen LogP contribution in [0.2, 0.25) is 0 Å². The molecule has 0 saturated carbocycles. The van der Waals surface area contributed by atoms with Gasteiger partial charge in [0.25, 0.3) is 0 Å². The molecule has 0 spiro atoms. The summed E-state index contributed by atoms with van der Waals surface area (Å²) in [6.07, 6.45) is 8.87. The van der Waals surface area contributed by atoms with Crippen LogP contribution in [0.1, 0.15) is 25.7 Å². The highest BCUT2D eigenvalue weighted by molar-refractivity contribution is 5.42. The third-order valence-electron chi connectivity index (χ3n) is 2.29. The summed E-state index contributed by atoms with van der Waals surface area (Å²) < 4.78 is 0. The molecule has 0 rings (SSSR count). The molecule has 8 nitrogen and oxygen atoms in total. The zero-order valence-electron chi connectivity index (χ0n) is 10.6. The Morgan fingerprint density at radius 3 is 2.35 bits per heavy atom. The maximum Gasteiger partial charge on any atom is 0.240 e. The van der Waals surface area contributed by atoms with Crippen molar-refractivity contribution < 1.29 is 19.2 Å². The zero-order chi connectivity index (χ0) is 15.1. The normalized spacial score (nSPS) is 11.1. The van der Waals surface area contributed by atoms with Gasteiger partial charge >= 0.3 is 0 Å². The first-order chi connectivity index (χ1) is 9.79. The molecule has 0 saturated heterocycles. The van der Waals surface area contributed by atoms with Crippen molar-refractivity contribution in [1.29, 1.82) is 0 Å². The van der Waals surface area contributed by atoms with E-state index in [1.54, 1.807) is 0 Å². The summed E-state index contributed by atoms with van der Waals surface area (Å²) in [6.45, 7) is 0.385. The van der Waals surface area contributed by atoms with Crippen LogP contribution in [0.15, 0.2) is 31.9 Å². The van der Waals surface area contributed by atoms with Gasteiger partial charge in [-0.15, -0.1) is 0 Å². The molecule has 0 aliphatic rings. The summed E-state index contributed by atoms with van der Waals surface area (Å²) >= 11 is 0. The molecule has 0 aliphatic heterocycles. The van der Waals surface area contributed by atoms with Gasteiger partial charge in [0, 0.05) is 0 Å². The number of hydrogen-bond donors (Lipinski definition) is 0. The number of rotatable bonds is 10. The second kappa shape index (κ2) is 12.7. The highest BCUT2D eigenvalue weighted by Gasteiger charge is 2.13. The van der Waals surface area contributed by atoms with Gasteiger partial charge < -0.3 is 0 Å². The predicted molar refractivity (Wildman–Crippen MR) is 67.7 cm³/mol. The van der Waals surface area contributed by atoms with Gasteiger partial charge in [0.2, 0.25) is 24.3 Å². The third kappa shape index (κ3) is 8.37. The van der Waals surface area contributed by atoms with E-state index in [1.807, 2.05) is 0 Å². The molecular weight excluding hydrogens is 264 g/mol. The van der Waals surface area contributed by atoms with Crippen molar-refractivity contribution >= 4 is 24.3 Å². The average molecular weight is 276 g/mol. The SMILES string of the molecule is O=C=NC=C(N=C=O)C(CCCCCN=C=O)N=C=O. The lowest BCUT2D eigenvalue weighted by Crippen LogP contribution is -2.07. The molecule has 0 bridgehead atoms. The number of nitrogens with zero attached hydrogens (tertiary/aromatic N) is 4. The van der Waals surface area contributed by atoms with E-state index in [2.05, 4.69) is 20.0 Å². The summed E-state index contributed by atoms with van der Waals surface area (Å²) in [5, 5.41) is 0. The molecule has 1 atom stereocenters. The first-order valence-electron chi connectivity index (χ1n) is 5.75. The highest BCUT2D eigenvalue weighted by atomic mass is 16.1. The number of isocyanates is 4. The first kappa shape index (κ1) is 17.3. The molecule has 8 heteroatoms. The van der Waals surface area contributed by atoms with Crippen LogP contribution < -0.4 is 0 Å². The average Bonchev–Trinajstić information content (AvgIpc) is 2.46. The molecule has 1 unspecified atom stereocenters. The minimum atomic E-state index is -0.722. The summed E-state index contributed by atoms with van der Waals surface area (Å²) in [5.74, 6) is 0. The molecule has 0 amide bonds. The van der Waals surface area contributed by atoms with Gasteiger partial charge in [-0.25, -0.2) is 24.2 Å². The first-order valence-corrected chi connectivity index (χ1v) is 5.75. The minimum Gasteiger partial charge on any atom is -0.211 e. The van der Waals surface area contributed by atoms with Gasteiger partial charge in [0.1, 0.15) is 6.04 Å². The van der Waals surface area contributed by atoms with Crippen LogP contribution >= 0.6 is 0 Å². The predicted octanol–water partition coefficient (Wildman–Crippen LogP) is 1.10. The smallest absolute Gasteiger partial charge is 0.211 e. The van der Waals surface area contributed by atoms with Crippen molar-refractivity contribution in [3.63, 3.8) is 0 Å². The van der Waals surface area contributed by atoms with Gasteiger partial charge in [-0.05, 0) is 12.8 Å². The van der Waals surface area contributed by atoms with Crippen LogP contribution in [0.25, 0.3) is 0 Å². The van der Waals surface area contributed by atoms with Crippen LogP contribution in [0, 0.1) is 0 Å². The van der Waals surface area contributed by atoms with Crippen molar-refractivity contribution in [2.24, 2.45) is 20.0 Å². The van der Waals surface area contributed by atoms with Crippen LogP contribution in [-0.4, -0.2) is 36.9 Å². The molecule has 0 N–H and O–H groups in total. The molecule has 0 aromatic heterocycles. The molecule has 0 aromatic carbocycles. The number of hydrogen-bond acceptors (Lipinski definition) is 8. The van der Waals surface area contributed by atoms with E-state index in [1.165, 1.54) is 24.3 Å².